The third kappa shape index (κ3) is 2.19. The number of nitrogens with two attached hydrogens (primary N) is 1. The fraction of sp³-hybridized carbons (Fsp3) is 0.286. The van der Waals surface area contributed by atoms with Crippen molar-refractivity contribution in [2.75, 3.05) is 23.7 Å². The van der Waals surface area contributed by atoms with Gasteiger partial charge in [0, 0.05) is 18.7 Å². The lowest BCUT2D eigenvalue weighted by Gasteiger charge is -2.19. The van der Waals surface area contributed by atoms with E-state index >= 15 is 0 Å². The molecule has 0 spiro atoms. The molecule has 0 amide bonds. The van der Waals surface area contributed by atoms with Crippen LogP contribution in [-0.4, -0.2) is 28.4 Å². The van der Waals surface area contributed by atoms with E-state index in [0.29, 0.717) is 17.1 Å². The van der Waals surface area contributed by atoms with Crippen molar-refractivity contribution in [2.24, 2.45) is 0 Å². The second-order valence-corrected chi connectivity index (χ2v) is 4.71. The van der Waals surface area contributed by atoms with E-state index < -0.39 is 0 Å². The first-order valence-electron chi connectivity index (χ1n) is 6.42. The monoisotopic (exact) mass is 256 g/mol. The molecule has 1 aliphatic rings. The average Bonchev–Trinajstić information content (AvgIpc) is 2.94. The summed E-state index contributed by atoms with van der Waals surface area (Å²) < 4.78 is 0. The molecule has 0 atom stereocenters. The molecule has 3 N–H and O–H groups in total. The molecule has 0 saturated carbocycles. The van der Waals surface area contributed by atoms with E-state index in [9.17, 15) is 5.11 Å². The number of phenols is 1. The van der Waals surface area contributed by atoms with Gasteiger partial charge in [-0.15, -0.1) is 10.2 Å². The topological polar surface area (TPSA) is 75.3 Å². The Kier molecular flexibility index (Phi) is 2.95. The van der Waals surface area contributed by atoms with Gasteiger partial charge < -0.3 is 15.7 Å². The Bertz CT molecular complexity index is 594. The number of hydrogen-bond acceptors (Lipinski definition) is 5. The molecule has 5 heteroatoms. The summed E-state index contributed by atoms with van der Waals surface area (Å²) in [6, 6.07) is 9.02. The van der Waals surface area contributed by atoms with E-state index in [2.05, 4.69) is 15.1 Å². The molecule has 19 heavy (non-hydrogen) atoms. The maximum atomic E-state index is 9.88. The fourth-order valence-electron chi connectivity index (χ4n) is 2.42. The summed E-state index contributed by atoms with van der Waals surface area (Å²) in [5.41, 5.74) is 8.14. The molecular formula is C14H16N4O. The van der Waals surface area contributed by atoms with Crippen molar-refractivity contribution in [2.45, 2.75) is 12.8 Å². The van der Waals surface area contributed by atoms with E-state index in [1.807, 2.05) is 18.2 Å². The number of nitrogen functional groups attached to an aromatic ring is 1. The lowest BCUT2D eigenvalue weighted by Crippen LogP contribution is -2.20. The summed E-state index contributed by atoms with van der Waals surface area (Å²) in [7, 11) is 0. The van der Waals surface area contributed by atoms with Crippen molar-refractivity contribution in [1.82, 2.24) is 10.2 Å². The van der Waals surface area contributed by atoms with Crippen LogP contribution in [0.4, 0.5) is 11.5 Å². The lowest BCUT2D eigenvalue weighted by atomic mass is 10.1. The quantitative estimate of drug-likeness (QED) is 0.860. The van der Waals surface area contributed by atoms with Gasteiger partial charge in [-0.25, -0.2) is 0 Å². The molecule has 0 bridgehead atoms. The van der Waals surface area contributed by atoms with Gasteiger partial charge in [-0.05, 0) is 31.0 Å². The Balaban J connectivity index is 2.04. The average molecular weight is 256 g/mol. The van der Waals surface area contributed by atoms with E-state index in [4.69, 9.17) is 5.73 Å². The smallest absolute Gasteiger partial charge is 0.169 e. The van der Waals surface area contributed by atoms with Gasteiger partial charge >= 0.3 is 0 Å². The van der Waals surface area contributed by atoms with E-state index in [0.717, 1.165) is 18.8 Å². The summed E-state index contributed by atoms with van der Waals surface area (Å²) in [4.78, 5) is 2.22. The summed E-state index contributed by atoms with van der Waals surface area (Å²) in [6.45, 7) is 1.99. The Hall–Kier alpha value is -2.30. The third-order valence-corrected chi connectivity index (χ3v) is 3.43. The number of benzene rings is 1. The number of anilines is 2. The molecular weight excluding hydrogens is 240 g/mol. The molecule has 2 aromatic rings. The zero-order valence-corrected chi connectivity index (χ0v) is 10.6. The minimum atomic E-state index is 0.203. The van der Waals surface area contributed by atoms with Crippen molar-refractivity contribution >= 4 is 11.5 Å². The molecule has 1 aliphatic heterocycles. The highest BCUT2D eigenvalue weighted by atomic mass is 16.3. The first-order chi connectivity index (χ1) is 9.25. The van der Waals surface area contributed by atoms with Crippen LogP contribution in [0.25, 0.3) is 11.3 Å². The van der Waals surface area contributed by atoms with Gasteiger partial charge in [0.1, 0.15) is 5.75 Å². The maximum absolute atomic E-state index is 9.88. The number of aromatic nitrogens is 2. The number of nitrogens with zero attached hydrogens (tertiary/aromatic N) is 3. The molecule has 0 aliphatic carbocycles. The number of para-hydroxylation sites is 1. The van der Waals surface area contributed by atoms with E-state index in [1.165, 1.54) is 12.8 Å². The number of aromatic hydroxyl groups is 1. The fourth-order valence-corrected chi connectivity index (χ4v) is 2.42. The van der Waals surface area contributed by atoms with Crippen LogP contribution in [-0.2, 0) is 0 Å². The summed E-state index contributed by atoms with van der Waals surface area (Å²) in [5, 5.41) is 18.0. The van der Waals surface area contributed by atoms with Gasteiger partial charge in [0.15, 0.2) is 5.82 Å². The van der Waals surface area contributed by atoms with E-state index in [1.54, 1.807) is 12.1 Å². The van der Waals surface area contributed by atoms with Crippen LogP contribution in [0.1, 0.15) is 12.8 Å². The molecule has 0 unspecified atom stereocenters. The molecule has 1 aromatic heterocycles. The van der Waals surface area contributed by atoms with Crippen LogP contribution in [0.2, 0.25) is 0 Å². The highest BCUT2D eigenvalue weighted by molar-refractivity contribution is 5.74. The number of phenolic OH excluding ortho intramolecular Hbond substituents is 1. The van der Waals surface area contributed by atoms with Crippen molar-refractivity contribution in [1.29, 1.82) is 0 Å². The predicted octanol–water partition coefficient (Wildman–Crippen LogP) is 2.03. The molecule has 1 saturated heterocycles. The molecule has 5 nitrogen and oxygen atoms in total. The summed E-state index contributed by atoms with van der Waals surface area (Å²) in [5.74, 6) is 0.648. The molecule has 1 aromatic carbocycles. The SMILES string of the molecule is Nc1nnc(-c2ccccc2O)cc1N1CCCC1. The van der Waals surface area contributed by atoms with Crippen molar-refractivity contribution in [3.05, 3.63) is 30.3 Å². The van der Waals surface area contributed by atoms with Crippen molar-refractivity contribution < 1.29 is 5.11 Å². The Morgan fingerprint density at radius 3 is 2.58 bits per heavy atom. The minimum Gasteiger partial charge on any atom is -0.507 e. The standard InChI is InChI=1S/C14H16N4O/c15-14-12(18-7-3-4-8-18)9-11(16-17-14)10-5-1-2-6-13(10)19/h1-2,5-6,9,19H,3-4,7-8H2,(H2,15,17). The third-order valence-electron chi connectivity index (χ3n) is 3.43. The normalized spacial score (nSPS) is 14.8. The second kappa shape index (κ2) is 4.76. The van der Waals surface area contributed by atoms with Gasteiger partial charge in [0.2, 0.25) is 0 Å². The lowest BCUT2D eigenvalue weighted by molar-refractivity contribution is 0.477. The molecule has 2 heterocycles. The minimum absolute atomic E-state index is 0.203. The summed E-state index contributed by atoms with van der Waals surface area (Å²) in [6.07, 6.45) is 2.35. The predicted molar refractivity (Wildman–Crippen MR) is 75.0 cm³/mol. The van der Waals surface area contributed by atoms with Crippen LogP contribution in [0.15, 0.2) is 30.3 Å². The zero-order valence-electron chi connectivity index (χ0n) is 10.6. The zero-order chi connectivity index (χ0) is 13.2. The van der Waals surface area contributed by atoms with Gasteiger partial charge in [-0.3, -0.25) is 0 Å². The Labute approximate surface area is 111 Å². The van der Waals surface area contributed by atoms with Gasteiger partial charge in [-0.1, -0.05) is 12.1 Å². The maximum Gasteiger partial charge on any atom is 0.169 e. The van der Waals surface area contributed by atoms with Crippen molar-refractivity contribution in [3.8, 4) is 17.0 Å². The number of rotatable bonds is 2. The summed E-state index contributed by atoms with van der Waals surface area (Å²) >= 11 is 0. The highest BCUT2D eigenvalue weighted by Gasteiger charge is 2.17. The molecule has 1 fully saturated rings. The van der Waals surface area contributed by atoms with Crippen LogP contribution in [0.3, 0.4) is 0 Å². The molecule has 3 rings (SSSR count). The largest absolute Gasteiger partial charge is 0.507 e. The van der Waals surface area contributed by atoms with Gasteiger partial charge in [0.05, 0.1) is 11.4 Å². The van der Waals surface area contributed by atoms with Gasteiger partial charge in [-0.2, -0.15) is 0 Å². The first kappa shape index (κ1) is 11.8. The van der Waals surface area contributed by atoms with E-state index in [-0.39, 0.29) is 5.75 Å². The van der Waals surface area contributed by atoms with Crippen LogP contribution >= 0.6 is 0 Å². The molecule has 98 valence electrons. The van der Waals surface area contributed by atoms with Crippen LogP contribution in [0, 0.1) is 0 Å². The van der Waals surface area contributed by atoms with Crippen LogP contribution in [0.5, 0.6) is 5.75 Å². The Morgan fingerprint density at radius 2 is 1.84 bits per heavy atom. The van der Waals surface area contributed by atoms with Crippen LogP contribution < -0.4 is 10.6 Å². The molecule has 0 radical (unpaired) electrons. The van der Waals surface area contributed by atoms with Crippen molar-refractivity contribution in [3.63, 3.8) is 0 Å². The first-order valence-corrected chi connectivity index (χ1v) is 6.42. The second-order valence-electron chi connectivity index (χ2n) is 4.71. The number of hydrogen-bond donors (Lipinski definition) is 2. The van der Waals surface area contributed by atoms with Gasteiger partial charge in [0.25, 0.3) is 0 Å². The highest BCUT2D eigenvalue weighted by Crippen LogP contribution is 2.32. The Morgan fingerprint density at radius 1 is 1.11 bits per heavy atom.